The Hall–Kier alpha value is -0.570. The van der Waals surface area contributed by atoms with Crippen LogP contribution >= 0.6 is 0 Å². The first-order chi connectivity index (χ1) is 5.25. The number of hydrogen-bond acceptors (Lipinski definition) is 2. The van der Waals surface area contributed by atoms with Crippen LogP contribution in [0.3, 0.4) is 0 Å². The number of carbonyl (C=O) groups excluding carboxylic acids is 1. The average molecular weight is 174 g/mol. The Bertz CT molecular complexity index is 158. The molecule has 0 rings (SSSR count). The van der Waals surface area contributed by atoms with Crippen molar-refractivity contribution in [3.63, 3.8) is 0 Å². The molecular formula is C9H20NO2+. The third-order valence-electron chi connectivity index (χ3n) is 1.85. The maximum Gasteiger partial charge on any atom is 0.312 e. The first-order valence-corrected chi connectivity index (χ1v) is 4.26. The van der Waals surface area contributed by atoms with Gasteiger partial charge in [0.25, 0.3) is 0 Å². The zero-order valence-electron chi connectivity index (χ0n) is 8.92. The minimum Gasteiger partial charge on any atom is -0.413 e. The highest BCUT2D eigenvalue weighted by atomic mass is 16.6. The molecule has 0 bridgehead atoms. The van der Waals surface area contributed by atoms with Gasteiger partial charge in [0.15, 0.2) is 0 Å². The van der Waals surface area contributed by atoms with Crippen molar-refractivity contribution in [3.05, 3.63) is 0 Å². The lowest BCUT2D eigenvalue weighted by Gasteiger charge is -2.30. The molecule has 0 saturated heterocycles. The summed E-state index contributed by atoms with van der Waals surface area (Å²) in [4.78, 5) is 11.2. The molecule has 3 nitrogen and oxygen atoms in total. The summed E-state index contributed by atoms with van der Waals surface area (Å²) in [6.45, 7) is 5.58. The van der Waals surface area contributed by atoms with Gasteiger partial charge in [0.1, 0.15) is 0 Å². The molecule has 0 fully saturated rings. The summed E-state index contributed by atoms with van der Waals surface area (Å²) >= 11 is 0. The van der Waals surface area contributed by atoms with Gasteiger partial charge in [-0.1, -0.05) is 13.8 Å². The van der Waals surface area contributed by atoms with E-state index in [9.17, 15) is 4.79 Å². The number of nitrogens with zero attached hydrogens (tertiary/aromatic N) is 1. The Kier molecular flexibility index (Phi) is 3.71. The average Bonchev–Trinajstić information content (AvgIpc) is 1.85. The predicted molar refractivity (Wildman–Crippen MR) is 48.4 cm³/mol. The first kappa shape index (κ1) is 11.4. The number of quaternary nitrogens is 1. The topological polar surface area (TPSA) is 26.3 Å². The van der Waals surface area contributed by atoms with Crippen LogP contribution in [0.2, 0.25) is 0 Å². The Labute approximate surface area is 74.9 Å². The van der Waals surface area contributed by atoms with E-state index >= 15 is 0 Å². The molecule has 0 spiro atoms. The number of esters is 1. The maximum atomic E-state index is 11.2. The van der Waals surface area contributed by atoms with Crippen LogP contribution in [0.15, 0.2) is 0 Å². The van der Waals surface area contributed by atoms with Crippen molar-refractivity contribution in [1.82, 2.24) is 0 Å². The van der Waals surface area contributed by atoms with Gasteiger partial charge in [-0.25, -0.2) is 0 Å². The second-order valence-corrected chi connectivity index (χ2v) is 4.31. The van der Waals surface area contributed by atoms with E-state index < -0.39 is 0 Å². The zero-order valence-corrected chi connectivity index (χ0v) is 8.92. The lowest BCUT2D eigenvalue weighted by atomic mass is 10.2. The van der Waals surface area contributed by atoms with Crippen LogP contribution in [0.5, 0.6) is 0 Å². The van der Waals surface area contributed by atoms with Crippen molar-refractivity contribution in [3.8, 4) is 0 Å². The van der Waals surface area contributed by atoms with E-state index in [2.05, 4.69) is 0 Å². The summed E-state index contributed by atoms with van der Waals surface area (Å²) in [5.74, 6) is -0.172. The molecule has 0 aromatic rings. The largest absolute Gasteiger partial charge is 0.413 e. The zero-order chi connectivity index (χ0) is 9.94. The molecule has 0 aromatic carbocycles. The fraction of sp³-hybridized carbons (Fsp3) is 0.889. The molecule has 0 heterocycles. The fourth-order valence-electron chi connectivity index (χ4n) is 0.462. The van der Waals surface area contributed by atoms with Crippen molar-refractivity contribution in [2.24, 2.45) is 5.92 Å². The molecule has 0 aliphatic carbocycles. The summed E-state index contributed by atoms with van der Waals surface area (Å²) in [5.41, 5.74) is 0. The Morgan fingerprint density at radius 3 is 1.83 bits per heavy atom. The highest BCUT2D eigenvalue weighted by molar-refractivity contribution is 5.71. The SMILES string of the molecule is CC(C)C(=O)OC(C)[N+](C)(C)C. The van der Waals surface area contributed by atoms with Gasteiger partial charge in [-0.3, -0.25) is 9.28 Å². The molecule has 1 unspecified atom stereocenters. The lowest BCUT2D eigenvalue weighted by Crippen LogP contribution is -2.46. The smallest absolute Gasteiger partial charge is 0.312 e. The summed E-state index contributed by atoms with van der Waals surface area (Å²) in [6.07, 6.45) is -0.0834. The highest BCUT2D eigenvalue weighted by Gasteiger charge is 2.23. The molecule has 0 amide bonds. The van der Waals surface area contributed by atoms with Gasteiger partial charge >= 0.3 is 5.97 Å². The van der Waals surface area contributed by atoms with E-state index in [0.29, 0.717) is 4.48 Å². The van der Waals surface area contributed by atoms with Crippen molar-refractivity contribution in [2.45, 2.75) is 27.0 Å². The summed E-state index contributed by atoms with van der Waals surface area (Å²) in [5, 5.41) is 0. The van der Waals surface area contributed by atoms with E-state index in [4.69, 9.17) is 4.74 Å². The Morgan fingerprint density at radius 1 is 1.17 bits per heavy atom. The van der Waals surface area contributed by atoms with Gasteiger partial charge in [-0.15, -0.1) is 0 Å². The van der Waals surface area contributed by atoms with E-state index in [0.717, 1.165) is 0 Å². The van der Waals surface area contributed by atoms with Gasteiger partial charge < -0.3 is 4.74 Å². The van der Waals surface area contributed by atoms with E-state index in [-0.39, 0.29) is 18.1 Å². The minimum absolute atomic E-state index is 0.0426. The molecule has 0 N–H and O–H groups in total. The van der Waals surface area contributed by atoms with Crippen LogP contribution in [0.25, 0.3) is 0 Å². The minimum atomic E-state index is -0.129. The standard InChI is InChI=1S/C9H20NO2/c1-7(2)9(11)12-8(3)10(4,5)6/h7-8H,1-6H3/q+1. The quantitative estimate of drug-likeness (QED) is 0.365. The second-order valence-electron chi connectivity index (χ2n) is 4.31. The molecular weight excluding hydrogens is 154 g/mol. The van der Waals surface area contributed by atoms with Crippen molar-refractivity contribution < 1.29 is 14.0 Å². The first-order valence-electron chi connectivity index (χ1n) is 4.26. The van der Waals surface area contributed by atoms with Crippen LogP contribution < -0.4 is 0 Å². The lowest BCUT2D eigenvalue weighted by molar-refractivity contribution is -0.914. The second kappa shape index (κ2) is 3.90. The van der Waals surface area contributed by atoms with Crippen LogP contribution in [-0.4, -0.2) is 37.8 Å². The molecule has 72 valence electrons. The van der Waals surface area contributed by atoms with Crippen molar-refractivity contribution in [2.75, 3.05) is 21.1 Å². The van der Waals surface area contributed by atoms with Crippen LogP contribution in [0.1, 0.15) is 20.8 Å². The Morgan fingerprint density at radius 2 is 1.58 bits per heavy atom. The number of hydrogen-bond donors (Lipinski definition) is 0. The molecule has 1 atom stereocenters. The molecule has 0 saturated carbocycles. The molecule has 0 aliphatic heterocycles. The Balaban J connectivity index is 4.02. The van der Waals surface area contributed by atoms with E-state index in [1.165, 1.54) is 0 Å². The maximum absolute atomic E-state index is 11.2. The van der Waals surface area contributed by atoms with Gasteiger partial charge in [0, 0.05) is 6.92 Å². The number of carbonyl (C=O) groups is 1. The van der Waals surface area contributed by atoms with Crippen molar-refractivity contribution in [1.29, 1.82) is 0 Å². The summed E-state index contributed by atoms with van der Waals surface area (Å²) < 4.78 is 5.85. The third-order valence-corrected chi connectivity index (χ3v) is 1.85. The normalized spacial score (nSPS) is 14.6. The van der Waals surface area contributed by atoms with Gasteiger partial charge in [-0.2, -0.15) is 0 Å². The molecule has 0 radical (unpaired) electrons. The van der Waals surface area contributed by atoms with Crippen LogP contribution in [0.4, 0.5) is 0 Å². The van der Waals surface area contributed by atoms with Crippen LogP contribution in [-0.2, 0) is 9.53 Å². The monoisotopic (exact) mass is 174 g/mol. The predicted octanol–water partition coefficient (Wildman–Crippen LogP) is 1.24. The number of ether oxygens (including phenoxy) is 1. The summed E-state index contributed by atoms with van der Waals surface area (Å²) in [6, 6.07) is 0. The highest BCUT2D eigenvalue weighted by Crippen LogP contribution is 2.07. The number of rotatable bonds is 3. The van der Waals surface area contributed by atoms with Gasteiger partial charge in [0.2, 0.25) is 6.23 Å². The fourth-order valence-corrected chi connectivity index (χ4v) is 0.462. The van der Waals surface area contributed by atoms with Crippen LogP contribution in [0, 0.1) is 5.92 Å². The van der Waals surface area contributed by atoms with E-state index in [1.807, 2.05) is 41.9 Å². The molecule has 0 aliphatic rings. The molecule has 12 heavy (non-hydrogen) atoms. The molecule has 0 aromatic heterocycles. The van der Waals surface area contributed by atoms with Crippen molar-refractivity contribution >= 4 is 5.97 Å². The van der Waals surface area contributed by atoms with Gasteiger partial charge in [0.05, 0.1) is 27.1 Å². The molecule has 3 heteroatoms. The third kappa shape index (κ3) is 3.72. The van der Waals surface area contributed by atoms with Gasteiger partial charge in [-0.05, 0) is 0 Å². The van der Waals surface area contributed by atoms with E-state index in [1.54, 1.807) is 0 Å². The summed E-state index contributed by atoms with van der Waals surface area (Å²) in [7, 11) is 5.99.